The first-order valence-electron chi connectivity index (χ1n) is 12.0. The van der Waals surface area contributed by atoms with Gasteiger partial charge in [0.1, 0.15) is 11.6 Å². The Kier molecular flexibility index (Phi) is 6.03. The molecule has 1 aromatic heterocycles. The summed E-state index contributed by atoms with van der Waals surface area (Å²) in [6.07, 6.45) is 6.67. The third kappa shape index (κ3) is 4.20. The first kappa shape index (κ1) is 21.6. The number of amides is 1. The lowest BCUT2D eigenvalue weighted by atomic mass is 9.95. The zero-order chi connectivity index (χ0) is 22.2. The fourth-order valence-electron chi connectivity index (χ4n) is 6.34. The quantitative estimate of drug-likeness (QED) is 0.724. The maximum Gasteiger partial charge on any atom is 0.217 e. The summed E-state index contributed by atoms with van der Waals surface area (Å²) >= 11 is 0. The number of carbonyl (C=O) groups is 1. The minimum absolute atomic E-state index is 0.0733. The third-order valence-corrected chi connectivity index (χ3v) is 7.63. The van der Waals surface area contributed by atoms with Crippen molar-refractivity contribution in [1.82, 2.24) is 25.1 Å². The van der Waals surface area contributed by atoms with Crippen molar-refractivity contribution in [3.63, 3.8) is 0 Å². The Balaban J connectivity index is 1.28. The topological polar surface area (TPSA) is 62.2 Å². The van der Waals surface area contributed by atoms with Crippen LogP contribution in [0.2, 0.25) is 0 Å². The molecule has 0 radical (unpaired) electrons. The second-order valence-electron chi connectivity index (χ2n) is 9.69. The number of aromatic nitrogens is 2. The number of aryl methyl sites for hydroxylation is 1. The van der Waals surface area contributed by atoms with Crippen LogP contribution >= 0.6 is 0 Å². The van der Waals surface area contributed by atoms with Crippen LogP contribution in [0.1, 0.15) is 73.9 Å². The smallest absolute Gasteiger partial charge is 0.217 e. The van der Waals surface area contributed by atoms with Crippen LogP contribution in [0, 0.1) is 12.7 Å². The van der Waals surface area contributed by atoms with E-state index in [1.54, 1.807) is 12.1 Å². The Labute approximate surface area is 189 Å². The number of nitrogens with zero attached hydrogens (tertiary/aromatic N) is 3. The molecule has 3 aliphatic heterocycles. The van der Waals surface area contributed by atoms with Gasteiger partial charge in [0.2, 0.25) is 5.91 Å². The summed E-state index contributed by atoms with van der Waals surface area (Å²) in [6.45, 7) is 6.54. The Bertz CT molecular complexity index is 975. The van der Waals surface area contributed by atoms with Gasteiger partial charge in [0.15, 0.2) is 0 Å². The first-order chi connectivity index (χ1) is 15.5. The molecule has 2 aromatic rings. The van der Waals surface area contributed by atoms with Crippen molar-refractivity contribution in [2.75, 3.05) is 13.1 Å². The van der Waals surface area contributed by atoms with E-state index < -0.39 is 0 Å². The fourth-order valence-corrected chi connectivity index (χ4v) is 6.34. The van der Waals surface area contributed by atoms with Crippen molar-refractivity contribution in [3.8, 4) is 0 Å². The van der Waals surface area contributed by atoms with Crippen LogP contribution in [0.3, 0.4) is 0 Å². The van der Waals surface area contributed by atoms with Crippen molar-refractivity contribution < 1.29 is 9.18 Å². The molecule has 1 aromatic carbocycles. The standard InChI is InChI=1S/C25H34FN5O/c1-16-28-24-15-27-10-8-25(24)31(16)22-13-20-6-7-21(14-22)30(20)11-9-23(29-17(2)32)18-4-3-5-19(26)12-18/h3-5,12,20-23,27H,6-11,13-15H2,1-2H3,(H,29,32)/t20?,21?,22?,23-/m0/s1. The molecule has 32 heavy (non-hydrogen) atoms. The lowest BCUT2D eigenvalue weighted by Crippen LogP contribution is -2.45. The number of carbonyl (C=O) groups excluding carboxylic acids is 1. The van der Waals surface area contributed by atoms with Gasteiger partial charge in [0.25, 0.3) is 0 Å². The Morgan fingerprint density at radius 2 is 2.06 bits per heavy atom. The number of hydrogen-bond acceptors (Lipinski definition) is 4. The zero-order valence-corrected chi connectivity index (χ0v) is 19.1. The fraction of sp³-hybridized carbons (Fsp3) is 0.600. The van der Waals surface area contributed by atoms with E-state index in [9.17, 15) is 9.18 Å². The van der Waals surface area contributed by atoms with E-state index in [0.29, 0.717) is 18.1 Å². The summed E-state index contributed by atoms with van der Waals surface area (Å²) in [5, 5.41) is 6.48. The highest BCUT2D eigenvalue weighted by molar-refractivity contribution is 5.73. The molecule has 5 rings (SSSR count). The minimum Gasteiger partial charge on any atom is -0.349 e. The highest BCUT2D eigenvalue weighted by Crippen LogP contribution is 2.42. The van der Waals surface area contributed by atoms with Crippen LogP contribution in [0.5, 0.6) is 0 Å². The molecule has 4 heterocycles. The van der Waals surface area contributed by atoms with E-state index in [1.165, 1.54) is 50.1 Å². The Morgan fingerprint density at radius 3 is 2.78 bits per heavy atom. The number of halogens is 1. The summed E-state index contributed by atoms with van der Waals surface area (Å²) in [6, 6.07) is 8.14. The van der Waals surface area contributed by atoms with Crippen LogP contribution < -0.4 is 10.6 Å². The average Bonchev–Trinajstić information content (AvgIpc) is 3.22. The number of imidazole rings is 1. The second-order valence-corrected chi connectivity index (χ2v) is 9.69. The molecule has 2 bridgehead atoms. The molecule has 0 spiro atoms. The maximum atomic E-state index is 13.8. The number of rotatable bonds is 6. The predicted molar refractivity (Wildman–Crippen MR) is 122 cm³/mol. The molecule has 2 fully saturated rings. The molecule has 3 aliphatic rings. The molecule has 2 unspecified atom stereocenters. The molecular weight excluding hydrogens is 405 g/mol. The second kappa shape index (κ2) is 8.94. The van der Waals surface area contributed by atoms with Crippen molar-refractivity contribution in [1.29, 1.82) is 0 Å². The summed E-state index contributed by atoms with van der Waals surface area (Å²) in [4.78, 5) is 19.3. The monoisotopic (exact) mass is 439 g/mol. The number of benzene rings is 1. The number of fused-ring (bicyclic) bond motifs is 3. The molecule has 0 saturated carbocycles. The van der Waals surface area contributed by atoms with Crippen molar-refractivity contribution in [2.45, 2.75) is 83.1 Å². The van der Waals surface area contributed by atoms with Gasteiger partial charge < -0.3 is 15.2 Å². The van der Waals surface area contributed by atoms with Crippen LogP contribution in [0.25, 0.3) is 0 Å². The van der Waals surface area contributed by atoms with Crippen LogP contribution in [0.15, 0.2) is 24.3 Å². The molecule has 2 N–H and O–H groups in total. The number of piperidine rings is 1. The molecule has 6 nitrogen and oxygen atoms in total. The highest BCUT2D eigenvalue weighted by Gasteiger charge is 2.42. The van der Waals surface area contributed by atoms with E-state index in [2.05, 4.69) is 27.0 Å². The summed E-state index contributed by atoms with van der Waals surface area (Å²) in [7, 11) is 0. The van der Waals surface area contributed by atoms with E-state index in [-0.39, 0.29) is 17.8 Å². The SMILES string of the molecule is CC(=O)N[C@@H](CCN1C2CCC1CC(n1c(C)nc3c1CCNC3)C2)c1cccc(F)c1. The van der Waals surface area contributed by atoms with E-state index in [1.807, 2.05) is 6.07 Å². The van der Waals surface area contributed by atoms with Crippen molar-refractivity contribution in [2.24, 2.45) is 0 Å². The van der Waals surface area contributed by atoms with Gasteiger partial charge in [-0.25, -0.2) is 9.37 Å². The summed E-state index contributed by atoms with van der Waals surface area (Å²) < 4.78 is 16.3. The van der Waals surface area contributed by atoms with E-state index >= 15 is 0 Å². The lowest BCUT2D eigenvalue weighted by molar-refractivity contribution is -0.119. The van der Waals surface area contributed by atoms with Gasteiger partial charge in [-0.3, -0.25) is 9.69 Å². The summed E-state index contributed by atoms with van der Waals surface area (Å²) in [5.74, 6) is 0.831. The number of hydrogen-bond donors (Lipinski definition) is 2. The predicted octanol–water partition coefficient (Wildman–Crippen LogP) is 3.41. The summed E-state index contributed by atoms with van der Waals surface area (Å²) in [5.41, 5.74) is 3.52. The largest absolute Gasteiger partial charge is 0.349 e. The average molecular weight is 440 g/mol. The molecule has 2 saturated heterocycles. The normalized spacial score (nSPS) is 26.0. The Hall–Kier alpha value is -2.25. The first-order valence-corrected chi connectivity index (χ1v) is 12.0. The van der Waals surface area contributed by atoms with Gasteiger partial charge in [-0.2, -0.15) is 0 Å². The zero-order valence-electron chi connectivity index (χ0n) is 19.1. The van der Waals surface area contributed by atoms with Gasteiger partial charge in [0.05, 0.1) is 11.7 Å². The van der Waals surface area contributed by atoms with Gasteiger partial charge in [-0.05, 0) is 56.7 Å². The minimum atomic E-state index is -0.257. The molecule has 172 valence electrons. The van der Waals surface area contributed by atoms with Gasteiger partial charge in [0, 0.05) is 56.8 Å². The molecule has 7 heteroatoms. The molecule has 1 amide bonds. The van der Waals surface area contributed by atoms with E-state index in [4.69, 9.17) is 4.98 Å². The molecule has 3 atom stereocenters. The lowest BCUT2D eigenvalue weighted by Gasteiger charge is -2.41. The van der Waals surface area contributed by atoms with Crippen LogP contribution in [-0.4, -0.2) is 45.5 Å². The maximum absolute atomic E-state index is 13.8. The number of nitrogens with one attached hydrogen (secondary N) is 2. The van der Waals surface area contributed by atoms with Gasteiger partial charge in [-0.15, -0.1) is 0 Å². The highest BCUT2D eigenvalue weighted by atomic mass is 19.1. The third-order valence-electron chi connectivity index (χ3n) is 7.63. The van der Waals surface area contributed by atoms with Crippen LogP contribution in [-0.2, 0) is 17.8 Å². The molecule has 0 aliphatic carbocycles. The molecular formula is C25H34FN5O. The Morgan fingerprint density at radius 1 is 1.28 bits per heavy atom. The van der Waals surface area contributed by atoms with Gasteiger partial charge >= 0.3 is 0 Å². The van der Waals surface area contributed by atoms with E-state index in [0.717, 1.165) is 43.9 Å². The van der Waals surface area contributed by atoms with Gasteiger partial charge in [-0.1, -0.05) is 12.1 Å². The van der Waals surface area contributed by atoms with Crippen molar-refractivity contribution >= 4 is 5.91 Å². The van der Waals surface area contributed by atoms with Crippen molar-refractivity contribution in [3.05, 3.63) is 52.9 Å². The van der Waals surface area contributed by atoms with Crippen LogP contribution in [0.4, 0.5) is 4.39 Å².